The molecule has 0 saturated carbocycles. The second-order valence-electron chi connectivity index (χ2n) is 6.73. The fourth-order valence-electron chi connectivity index (χ4n) is 3.41. The number of aryl methyl sites for hydroxylation is 2. The summed E-state index contributed by atoms with van der Waals surface area (Å²) in [6.45, 7) is 3.54. The molecule has 134 valence electrons. The standard InChI is InChI=1S/C20H26N2O2S/c1-15-11-13-25-19(15)14-21-20(24)22-12-3-2-4-17(22)8-5-16-6-9-18(23)10-7-16/h6-7,9-11,13,17,23H,2-5,8,12,14H2,1H3,(H,21,24)/t17-/m1/s1. The van der Waals surface area contributed by atoms with Gasteiger partial charge < -0.3 is 15.3 Å². The second-order valence-corrected chi connectivity index (χ2v) is 7.73. The lowest BCUT2D eigenvalue weighted by molar-refractivity contribution is 0.146. The summed E-state index contributed by atoms with van der Waals surface area (Å²) in [7, 11) is 0. The van der Waals surface area contributed by atoms with Crippen LogP contribution in [0.4, 0.5) is 4.79 Å². The van der Waals surface area contributed by atoms with E-state index in [1.807, 2.05) is 17.0 Å². The number of rotatable bonds is 5. The Bertz CT molecular complexity index is 696. The molecule has 25 heavy (non-hydrogen) atoms. The number of amides is 2. The van der Waals surface area contributed by atoms with E-state index >= 15 is 0 Å². The van der Waals surface area contributed by atoms with Crippen LogP contribution in [-0.4, -0.2) is 28.6 Å². The van der Waals surface area contributed by atoms with E-state index in [2.05, 4.69) is 23.7 Å². The molecule has 1 aliphatic heterocycles. The lowest BCUT2D eigenvalue weighted by atomic mass is 9.96. The van der Waals surface area contributed by atoms with Crippen molar-refractivity contribution in [1.82, 2.24) is 10.2 Å². The SMILES string of the molecule is Cc1ccsc1CNC(=O)N1CCCC[C@@H]1CCc1ccc(O)cc1. The van der Waals surface area contributed by atoms with Crippen LogP contribution in [-0.2, 0) is 13.0 Å². The topological polar surface area (TPSA) is 52.6 Å². The molecule has 0 unspecified atom stereocenters. The predicted octanol–water partition coefficient (Wildman–Crippen LogP) is 4.46. The number of benzene rings is 1. The maximum atomic E-state index is 12.7. The van der Waals surface area contributed by atoms with Crippen molar-refractivity contribution < 1.29 is 9.90 Å². The first kappa shape index (κ1) is 17.8. The number of nitrogens with zero attached hydrogens (tertiary/aromatic N) is 1. The third kappa shape index (κ3) is 4.75. The summed E-state index contributed by atoms with van der Waals surface area (Å²) >= 11 is 1.69. The number of thiophene rings is 1. The molecule has 2 amide bonds. The summed E-state index contributed by atoms with van der Waals surface area (Å²) < 4.78 is 0. The van der Waals surface area contributed by atoms with E-state index in [0.29, 0.717) is 18.3 Å². The quantitative estimate of drug-likeness (QED) is 0.829. The lowest BCUT2D eigenvalue weighted by Gasteiger charge is -2.36. The molecule has 2 N–H and O–H groups in total. The van der Waals surface area contributed by atoms with Crippen LogP contribution < -0.4 is 5.32 Å². The molecule has 4 nitrogen and oxygen atoms in total. The van der Waals surface area contributed by atoms with Gasteiger partial charge in [-0.3, -0.25) is 0 Å². The fourth-order valence-corrected chi connectivity index (χ4v) is 4.25. The average molecular weight is 359 g/mol. The summed E-state index contributed by atoms with van der Waals surface area (Å²) in [5.74, 6) is 0.297. The van der Waals surface area contributed by atoms with Gasteiger partial charge in [0.15, 0.2) is 0 Å². The molecule has 0 radical (unpaired) electrons. The highest BCUT2D eigenvalue weighted by Crippen LogP contribution is 2.22. The van der Waals surface area contributed by atoms with Crippen LogP contribution in [0.5, 0.6) is 5.75 Å². The molecule has 0 spiro atoms. The van der Waals surface area contributed by atoms with Gasteiger partial charge in [-0.15, -0.1) is 11.3 Å². The molecule has 5 heteroatoms. The number of hydrogen-bond acceptors (Lipinski definition) is 3. The minimum atomic E-state index is 0.0585. The van der Waals surface area contributed by atoms with Crippen LogP contribution in [0.3, 0.4) is 0 Å². The van der Waals surface area contributed by atoms with Crippen molar-refractivity contribution in [3.8, 4) is 5.75 Å². The maximum absolute atomic E-state index is 12.7. The number of phenols is 1. The van der Waals surface area contributed by atoms with E-state index in [4.69, 9.17) is 0 Å². The number of urea groups is 1. The highest BCUT2D eigenvalue weighted by Gasteiger charge is 2.26. The summed E-state index contributed by atoms with van der Waals surface area (Å²) in [5.41, 5.74) is 2.45. The Balaban J connectivity index is 1.55. The van der Waals surface area contributed by atoms with E-state index in [-0.39, 0.29) is 6.03 Å². The Kier molecular flexibility index (Phi) is 5.97. The Morgan fingerprint density at radius 1 is 1.28 bits per heavy atom. The molecular weight excluding hydrogens is 332 g/mol. The normalized spacial score (nSPS) is 17.5. The van der Waals surface area contributed by atoms with Gasteiger partial charge in [0.25, 0.3) is 0 Å². The third-order valence-corrected chi connectivity index (χ3v) is 5.98. The largest absolute Gasteiger partial charge is 0.508 e. The molecule has 1 fully saturated rings. The molecule has 1 aromatic heterocycles. The molecule has 1 aliphatic rings. The molecule has 3 rings (SSSR count). The average Bonchev–Trinajstić information content (AvgIpc) is 3.04. The maximum Gasteiger partial charge on any atom is 0.317 e. The zero-order valence-electron chi connectivity index (χ0n) is 14.7. The summed E-state index contributed by atoms with van der Waals surface area (Å²) in [6.07, 6.45) is 5.24. The van der Waals surface area contributed by atoms with Crippen LogP contribution >= 0.6 is 11.3 Å². The zero-order chi connectivity index (χ0) is 17.6. The number of likely N-dealkylation sites (tertiary alicyclic amines) is 1. The van der Waals surface area contributed by atoms with Gasteiger partial charge >= 0.3 is 6.03 Å². The smallest absolute Gasteiger partial charge is 0.317 e. The molecule has 2 heterocycles. The van der Waals surface area contributed by atoms with Gasteiger partial charge in [-0.1, -0.05) is 12.1 Å². The Hall–Kier alpha value is -2.01. The molecule has 1 aromatic carbocycles. The number of nitrogens with one attached hydrogen (secondary N) is 1. The van der Waals surface area contributed by atoms with Crippen LogP contribution in [0.1, 0.15) is 41.7 Å². The predicted molar refractivity (Wildman–Crippen MR) is 102 cm³/mol. The first-order valence-corrected chi connectivity index (χ1v) is 9.87. The number of aromatic hydroxyl groups is 1. The zero-order valence-corrected chi connectivity index (χ0v) is 15.5. The Morgan fingerprint density at radius 2 is 2.08 bits per heavy atom. The van der Waals surface area contributed by atoms with Crippen molar-refractivity contribution in [1.29, 1.82) is 0 Å². The van der Waals surface area contributed by atoms with Gasteiger partial charge in [0.2, 0.25) is 0 Å². The van der Waals surface area contributed by atoms with Crippen molar-refractivity contribution in [3.05, 3.63) is 51.7 Å². The van der Waals surface area contributed by atoms with Gasteiger partial charge in [-0.2, -0.15) is 0 Å². The van der Waals surface area contributed by atoms with E-state index in [1.165, 1.54) is 22.4 Å². The molecule has 1 saturated heterocycles. The molecule has 0 bridgehead atoms. The molecule has 0 aliphatic carbocycles. The second kappa shape index (κ2) is 8.39. The van der Waals surface area contributed by atoms with Gasteiger partial charge in [-0.25, -0.2) is 4.79 Å². The van der Waals surface area contributed by atoms with Crippen LogP contribution in [0.2, 0.25) is 0 Å². The summed E-state index contributed by atoms with van der Waals surface area (Å²) in [6, 6.07) is 9.82. The molecular formula is C20H26N2O2S. The first-order chi connectivity index (χ1) is 12.1. The van der Waals surface area contributed by atoms with Gasteiger partial charge in [0, 0.05) is 17.5 Å². The van der Waals surface area contributed by atoms with Crippen LogP contribution in [0, 0.1) is 6.92 Å². The molecule has 1 atom stereocenters. The summed E-state index contributed by atoms with van der Waals surface area (Å²) in [5, 5.41) is 14.5. The van der Waals surface area contributed by atoms with Crippen molar-refractivity contribution in [3.63, 3.8) is 0 Å². The van der Waals surface area contributed by atoms with Gasteiger partial charge in [0.1, 0.15) is 5.75 Å². The number of hydrogen-bond donors (Lipinski definition) is 2. The van der Waals surface area contributed by atoms with E-state index in [0.717, 1.165) is 32.2 Å². The fraction of sp³-hybridized carbons (Fsp3) is 0.450. The van der Waals surface area contributed by atoms with Crippen molar-refractivity contribution in [2.45, 2.75) is 51.6 Å². The van der Waals surface area contributed by atoms with E-state index < -0.39 is 0 Å². The van der Waals surface area contributed by atoms with Gasteiger partial charge in [-0.05, 0) is 73.7 Å². The minimum Gasteiger partial charge on any atom is -0.508 e. The first-order valence-electron chi connectivity index (χ1n) is 8.99. The van der Waals surface area contributed by atoms with Crippen LogP contribution in [0.25, 0.3) is 0 Å². The third-order valence-electron chi connectivity index (χ3n) is 4.96. The number of piperidine rings is 1. The van der Waals surface area contributed by atoms with Crippen molar-refractivity contribution >= 4 is 17.4 Å². The number of phenolic OH excluding ortho intramolecular Hbond substituents is 1. The number of carbonyl (C=O) groups excluding carboxylic acids is 1. The highest BCUT2D eigenvalue weighted by molar-refractivity contribution is 7.10. The number of carbonyl (C=O) groups is 1. The monoisotopic (exact) mass is 358 g/mol. The van der Waals surface area contributed by atoms with Crippen molar-refractivity contribution in [2.24, 2.45) is 0 Å². The molecule has 2 aromatic rings. The Labute approximate surface area is 153 Å². The highest BCUT2D eigenvalue weighted by atomic mass is 32.1. The lowest BCUT2D eigenvalue weighted by Crippen LogP contribution is -2.48. The minimum absolute atomic E-state index is 0.0585. The van der Waals surface area contributed by atoms with Crippen LogP contribution in [0.15, 0.2) is 35.7 Å². The van der Waals surface area contributed by atoms with E-state index in [9.17, 15) is 9.90 Å². The van der Waals surface area contributed by atoms with Crippen molar-refractivity contribution in [2.75, 3.05) is 6.54 Å². The summed E-state index contributed by atoms with van der Waals surface area (Å²) in [4.78, 5) is 15.9. The Morgan fingerprint density at radius 3 is 2.80 bits per heavy atom. The van der Waals surface area contributed by atoms with E-state index in [1.54, 1.807) is 23.5 Å². The van der Waals surface area contributed by atoms with Gasteiger partial charge in [0.05, 0.1) is 6.54 Å².